The minimum Gasteiger partial charge on any atom is -0.479 e. The Bertz CT molecular complexity index is 403. The minimum absolute atomic E-state index is 0.120. The number of aliphatic hydroxyl groups excluding tert-OH is 1. The van der Waals surface area contributed by atoms with Crippen molar-refractivity contribution >= 4 is 5.97 Å². The molecule has 106 valence electrons. The van der Waals surface area contributed by atoms with Crippen LogP contribution in [-0.2, 0) is 16.0 Å². The van der Waals surface area contributed by atoms with E-state index in [1.54, 1.807) is 19.1 Å². The van der Waals surface area contributed by atoms with Crippen molar-refractivity contribution < 1.29 is 19.4 Å². The van der Waals surface area contributed by atoms with Gasteiger partial charge in [-0.1, -0.05) is 12.1 Å². The van der Waals surface area contributed by atoms with Gasteiger partial charge < -0.3 is 14.6 Å². The SMILES string of the molecule is CC(Oc1ccc(CCO)cc1)C(=O)OC(C)(C)C. The molecular formula is C15H22O4. The molecule has 0 amide bonds. The van der Waals surface area contributed by atoms with E-state index in [4.69, 9.17) is 14.6 Å². The average Bonchev–Trinajstić information content (AvgIpc) is 2.29. The zero-order chi connectivity index (χ0) is 14.5. The van der Waals surface area contributed by atoms with E-state index in [2.05, 4.69) is 0 Å². The summed E-state index contributed by atoms with van der Waals surface area (Å²) in [6.07, 6.45) is -0.0371. The second-order valence-corrected chi connectivity index (χ2v) is 5.41. The number of esters is 1. The fraction of sp³-hybridized carbons (Fsp3) is 0.533. The number of ether oxygens (including phenoxy) is 2. The zero-order valence-corrected chi connectivity index (χ0v) is 12.0. The minimum atomic E-state index is -0.650. The first-order valence-corrected chi connectivity index (χ1v) is 6.41. The normalized spacial score (nSPS) is 12.9. The highest BCUT2D eigenvalue weighted by atomic mass is 16.6. The summed E-state index contributed by atoms with van der Waals surface area (Å²) >= 11 is 0. The van der Waals surface area contributed by atoms with Crippen molar-refractivity contribution in [3.8, 4) is 5.75 Å². The third kappa shape index (κ3) is 5.75. The number of aliphatic hydroxyl groups is 1. The lowest BCUT2D eigenvalue weighted by atomic mass is 10.1. The molecule has 4 nitrogen and oxygen atoms in total. The van der Waals surface area contributed by atoms with Gasteiger partial charge in [-0.25, -0.2) is 4.79 Å². The molecule has 0 bridgehead atoms. The standard InChI is InChI=1S/C15H22O4/c1-11(14(17)19-15(2,3)4)18-13-7-5-12(6-8-13)9-10-16/h5-8,11,16H,9-10H2,1-4H3. The second kappa shape index (κ2) is 6.57. The summed E-state index contributed by atoms with van der Waals surface area (Å²) in [5.74, 6) is 0.229. The summed E-state index contributed by atoms with van der Waals surface area (Å²) in [6.45, 7) is 7.24. The Hall–Kier alpha value is -1.55. The highest BCUT2D eigenvalue weighted by Gasteiger charge is 2.22. The van der Waals surface area contributed by atoms with Crippen molar-refractivity contribution in [3.05, 3.63) is 29.8 Å². The van der Waals surface area contributed by atoms with Crippen LogP contribution < -0.4 is 4.74 Å². The van der Waals surface area contributed by atoms with Crippen molar-refractivity contribution in [2.75, 3.05) is 6.61 Å². The first-order valence-electron chi connectivity index (χ1n) is 6.41. The van der Waals surface area contributed by atoms with Gasteiger partial charge in [-0.05, 0) is 51.8 Å². The summed E-state index contributed by atoms with van der Waals surface area (Å²) in [5.41, 5.74) is 0.513. The van der Waals surface area contributed by atoms with E-state index in [1.165, 1.54) is 0 Å². The number of benzene rings is 1. The molecule has 0 spiro atoms. The Balaban J connectivity index is 2.56. The maximum absolute atomic E-state index is 11.8. The molecule has 1 aromatic rings. The molecule has 1 rings (SSSR count). The zero-order valence-electron chi connectivity index (χ0n) is 12.0. The largest absolute Gasteiger partial charge is 0.479 e. The fourth-order valence-corrected chi connectivity index (χ4v) is 1.50. The average molecular weight is 266 g/mol. The Morgan fingerprint density at radius 2 is 1.84 bits per heavy atom. The first-order chi connectivity index (χ1) is 8.81. The smallest absolute Gasteiger partial charge is 0.347 e. The van der Waals surface area contributed by atoms with Gasteiger partial charge in [0.1, 0.15) is 11.4 Å². The topological polar surface area (TPSA) is 55.8 Å². The van der Waals surface area contributed by atoms with Crippen molar-refractivity contribution in [2.24, 2.45) is 0 Å². The van der Waals surface area contributed by atoms with Gasteiger partial charge in [0, 0.05) is 6.61 Å². The van der Waals surface area contributed by atoms with Crippen LogP contribution in [0.5, 0.6) is 5.75 Å². The van der Waals surface area contributed by atoms with Crippen molar-refractivity contribution in [3.63, 3.8) is 0 Å². The fourth-order valence-electron chi connectivity index (χ4n) is 1.50. The van der Waals surface area contributed by atoms with E-state index in [0.29, 0.717) is 12.2 Å². The molecule has 1 atom stereocenters. The summed E-state index contributed by atoms with van der Waals surface area (Å²) < 4.78 is 10.8. The third-order valence-electron chi connectivity index (χ3n) is 2.38. The van der Waals surface area contributed by atoms with E-state index >= 15 is 0 Å². The molecule has 19 heavy (non-hydrogen) atoms. The Morgan fingerprint density at radius 3 is 2.32 bits per heavy atom. The van der Waals surface area contributed by atoms with E-state index < -0.39 is 11.7 Å². The van der Waals surface area contributed by atoms with Gasteiger partial charge in [-0.3, -0.25) is 0 Å². The molecule has 0 saturated carbocycles. The number of hydrogen-bond acceptors (Lipinski definition) is 4. The van der Waals surface area contributed by atoms with Gasteiger partial charge in [0.15, 0.2) is 6.10 Å². The van der Waals surface area contributed by atoms with Crippen LogP contribution in [0.25, 0.3) is 0 Å². The highest BCUT2D eigenvalue weighted by Crippen LogP contribution is 2.16. The lowest BCUT2D eigenvalue weighted by Gasteiger charge is -2.22. The number of carbonyl (C=O) groups excluding carboxylic acids is 1. The van der Waals surface area contributed by atoms with Crippen LogP contribution in [0.1, 0.15) is 33.3 Å². The maximum Gasteiger partial charge on any atom is 0.347 e. The molecule has 0 heterocycles. The molecule has 0 aliphatic carbocycles. The molecule has 0 aliphatic rings. The van der Waals surface area contributed by atoms with Crippen LogP contribution in [0.15, 0.2) is 24.3 Å². The van der Waals surface area contributed by atoms with Crippen LogP contribution in [-0.4, -0.2) is 29.4 Å². The predicted molar refractivity (Wildman–Crippen MR) is 73.2 cm³/mol. The van der Waals surface area contributed by atoms with Crippen molar-refractivity contribution in [1.82, 2.24) is 0 Å². The molecule has 4 heteroatoms. The summed E-state index contributed by atoms with van der Waals surface area (Å²) in [6, 6.07) is 7.30. The second-order valence-electron chi connectivity index (χ2n) is 5.41. The van der Waals surface area contributed by atoms with Crippen LogP contribution in [0.3, 0.4) is 0 Å². The lowest BCUT2D eigenvalue weighted by molar-refractivity contribution is -0.162. The first kappa shape index (κ1) is 15.5. The van der Waals surface area contributed by atoms with Crippen molar-refractivity contribution in [2.45, 2.75) is 45.8 Å². The molecule has 1 unspecified atom stereocenters. The van der Waals surface area contributed by atoms with E-state index in [-0.39, 0.29) is 12.6 Å². The molecule has 0 radical (unpaired) electrons. The highest BCUT2D eigenvalue weighted by molar-refractivity contribution is 5.75. The van der Waals surface area contributed by atoms with E-state index in [0.717, 1.165) is 5.56 Å². The number of carbonyl (C=O) groups is 1. The molecule has 1 N–H and O–H groups in total. The van der Waals surface area contributed by atoms with Crippen LogP contribution in [0.4, 0.5) is 0 Å². The molecule has 0 saturated heterocycles. The van der Waals surface area contributed by atoms with Crippen LogP contribution >= 0.6 is 0 Å². The van der Waals surface area contributed by atoms with Gasteiger partial charge in [0.2, 0.25) is 0 Å². The monoisotopic (exact) mass is 266 g/mol. The molecule has 1 aromatic carbocycles. The molecule has 0 fully saturated rings. The predicted octanol–water partition coefficient (Wildman–Crippen LogP) is 2.33. The quantitative estimate of drug-likeness (QED) is 0.831. The van der Waals surface area contributed by atoms with Gasteiger partial charge in [0.05, 0.1) is 0 Å². The van der Waals surface area contributed by atoms with Crippen molar-refractivity contribution in [1.29, 1.82) is 0 Å². The van der Waals surface area contributed by atoms with Gasteiger partial charge in [-0.2, -0.15) is 0 Å². The summed E-state index contributed by atoms with van der Waals surface area (Å²) in [4.78, 5) is 11.8. The van der Waals surface area contributed by atoms with Crippen LogP contribution in [0, 0.1) is 0 Å². The number of rotatable bonds is 5. The number of hydrogen-bond donors (Lipinski definition) is 1. The van der Waals surface area contributed by atoms with Gasteiger partial charge >= 0.3 is 5.97 Å². The Labute approximate surface area is 114 Å². The lowest BCUT2D eigenvalue weighted by Crippen LogP contribution is -2.33. The Kier molecular flexibility index (Phi) is 5.36. The van der Waals surface area contributed by atoms with Gasteiger partial charge in [0.25, 0.3) is 0 Å². The maximum atomic E-state index is 11.8. The van der Waals surface area contributed by atoms with E-state index in [1.807, 2.05) is 32.9 Å². The molecule has 0 aromatic heterocycles. The van der Waals surface area contributed by atoms with Gasteiger partial charge in [-0.15, -0.1) is 0 Å². The molecule has 0 aliphatic heterocycles. The van der Waals surface area contributed by atoms with E-state index in [9.17, 15) is 4.79 Å². The third-order valence-corrected chi connectivity index (χ3v) is 2.38. The summed E-state index contributed by atoms with van der Waals surface area (Å²) in [5, 5.41) is 8.82. The Morgan fingerprint density at radius 1 is 1.26 bits per heavy atom. The van der Waals surface area contributed by atoms with Crippen LogP contribution in [0.2, 0.25) is 0 Å². The summed E-state index contributed by atoms with van der Waals surface area (Å²) in [7, 11) is 0. The molecular weight excluding hydrogens is 244 g/mol.